The smallest absolute Gasteiger partial charge is 0.338 e. The third kappa shape index (κ3) is 5.51. The molecular formula is C20H20FN3O6. The molecule has 0 aromatic heterocycles. The number of hydrogen-bond donors (Lipinski definition) is 1. The van der Waals surface area contributed by atoms with Crippen molar-refractivity contribution in [3.8, 4) is 0 Å². The predicted molar refractivity (Wildman–Crippen MR) is 105 cm³/mol. The molecule has 0 atom stereocenters. The van der Waals surface area contributed by atoms with Crippen molar-refractivity contribution in [1.29, 1.82) is 0 Å². The summed E-state index contributed by atoms with van der Waals surface area (Å²) < 4.78 is 23.1. The maximum absolute atomic E-state index is 12.9. The number of ether oxygens (including phenoxy) is 2. The van der Waals surface area contributed by atoms with E-state index in [2.05, 4.69) is 5.32 Å². The highest BCUT2D eigenvalue weighted by molar-refractivity contribution is 5.93. The number of halogens is 1. The molecule has 1 heterocycles. The molecule has 1 aliphatic heterocycles. The fraction of sp³-hybridized carbons (Fsp3) is 0.300. The lowest BCUT2D eigenvalue weighted by Gasteiger charge is -2.28. The van der Waals surface area contributed by atoms with E-state index in [-0.39, 0.29) is 23.6 Å². The Hall–Kier alpha value is -3.53. The third-order valence-electron chi connectivity index (χ3n) is 4.50. The third-order valence-corrected chi connectivity index (χ3v) is 4.50. The second kappa shape index (κ2) is 9.79. The normalized spacial score (nSPS) is 13.6. The van der Waals surface area contributed by atoms with Crippen LogP contribution in [0.4, 0.5) is 15.8 Å². The Labute approximate surface area is 171 Å². The van der Waals surface area contributed by atoms with Crippen molar-refractivity contribution in [3.63, 3.8) is 0 Å². The summed E-state index contributed by atoms with van der Waals surface area (Å²) in [5.41, 5.74) is 0.847. The number of rotatable bonds is 7. The van der Waals surface area contributed by atoms with Crippen LogP contribution in [0.3, 0.4) is 0 Å². The summed E-state index contributed by atoms with van der Waals surface area (Å²) in [5, 5.41) is 14.0. The van der Waals surface area contributed by atoms with Crippen molar-refractivity contribution < 1.29 is 28.4 Å². The predicted octanol–water partition coefficient (Wildman–Crippen LogP) is 2.04. The summed E-state index contributed by atoms with van der Waals surface area (Å²) in [7, 11) is 0. The molecule has 0 bridgehead atoms. The summed E-state index contributed by atoms with van der Waals surface area (Å²) in [6.07, 6.45) is 0. The maximum Gasteiger partial charge on any atom is 0.338 e. The minimum Gasteiger partial charge on any atom is -0.452 e. The van der Waals surface area contributed by atoms with Crippen LogP contribution in [0, 0.1) is 15.9 Å². The first-order chi connectivity index (χ1) is 14.4. The van der Waals surface area contributed by atoms with Gasteiger partial charge in [0, 0.05) is 25.7 Å². The van der Waals surface area contributed by atoms with E-state index >= 15 is 0 Å². The minimum absolute atomic E-state index is 0.0231. The molecule has 0 spiro atoms. The standard InChI is InChI=1S/C20H20FN3O6/c21-16-4-1-14(2-5-16)12-22-19(25)13-30-20(26)15-3-6-17(18(11-15)24(27)28)23-7-9-29-10-8-23/h1-6,11H,7-10,12-13H2,(H,22,25). The van der Waals surface area contributed by atoms with E-state index < -0.39 is 23.4 Å². The number of nitro benzene ring substituents is 1. The topological polar surface area (TPSA) is 111 Å². The van der Waals surface area contributed by atoms with E-state index in [0.29, 0.717) is 37.6 Å². The molecule has 30 heavy (non-hydrogen) atoms. The monoisotopic (exact) mass is 417 g/mol. The van der Waals surface area contributed by atoms with Crippen molar-refractivity contribution in [2.75, 3.05) is 37.8 Å². The van der Waals surface area contributed by atoms with Gasteiger partial charge in [0.1, 0.15) is 11.5 Å². The zero-order valence-electron chi connectivity index (χ0n) is 16.0. The molecule has 1 fully saturated rings. The lowest BCUT2D eigenvalue weighted by atomic mass is 10.1. The summed E-state index contributed by atoms with van der Waals surface area (Å²) in [6, 6.07) is 9.66. The molecule has 0 unspecified atom stereocenters. The Kier molecular flexibility index (Phi) is 6.91. The number of morpholine rings is 1. The number of carbonyl (C=O) groups excluding carboxylic acids is 2. The molecule has 1 saturated heterocycles. The first-order valence-corrected chi connectivity index (χ1v) is 9.23. The highest BCUT2D eigenvalue weighted by Crippen LogP contribution is 2.30. The number of amides is 1. The number of anilines is 1. The van der Waals surface area contributed by atoms with Gasteiger partial charge in [0.2, 0.25) is 0 Å². The molecule has 3 rings (SSSR count). The van der Waals surface area contributed by atoms with E-state index in [0.717, 1.165) is 6.07 Å². The molecule has 2 aromatic carbocycles. The lowest BCUT2D eigenvalue weighted by molar-refractivity contribution is -0.384. The van der Waals surface area contributed by atoms with Gasteiger partial charge in [0.15, 0.2) is 6.61 Å². The average molecular weight is 417 g/mol. The summed E-state index contributed by atoms with van der Waals surface area (Å²) >= 11 is 0. The van der Waals surface area contributed by atoms with Crippen LogP contribution in [0.2, 0.25) is 0 Å². The van der Waals surface area contributed by atoms with Gasteiger partial charge in [0.25, 0.3) is 11.6 Å². The van der Waals surface area contributed by atoms with Gasteiger partial charge >= 0.3 is 5.97 Å². The van der Waals surface area contributed by atoms with Crippen LogP contribution in [-0.4, -0.2) is 49.7 Å². The number of benzene rings is 2. The number of carbonyl (C=O) groups is 2. The van der Waals surface area contributed by atoms with Gasteiger partial charge in [-0.05, 0) is 29.8 Å². The van der Waals surface area contributed by atoms with Crippen LogP contribution >= 0.6 is 0 Å². The highest BCUT2D eigenvalue weighted by Gasteiger charge is 2.24. The number of hydrogen-bond acceptors (Lipinski definition) is 7. The Morgan fingerprint density at radius 1 is 1.17 bits per heavy atom. The molecule has 1 N–H and O–H groups in total. The fourth-order valence-electron chi connectivity index (χ4n) is 2.94. The van der Waals surface area contributed by atoms with Crippen molar-refractivity contribution >= 4 is 23.3 Å². The Morgan fingerprint density at radius 2 is 1.87 bits per heavy atom. The number of nitrogens with zero attached hydrogens (tertiary/aromatic N) is 2. The van der Waals surface area contributed by atoms with E-state index in [1.807, 2.05) is 4.90 Å². The lowest BCUT2D eigenvalue weighted by Crippen LogP contribution is -2.36. The van der Waals surface area contributed by atoms with E-state index in [1.165, 1.54) is 36.4 Å². The maximum atomic E-state index is 12.9. The van der Waals surface area contributed by atoms with E-state index in [1.54, 1.807) is 0 Å². The average Bonchev–Trinajstić information content (AvgIpc) is 2.77. The van der Waals surface area contributed by atoms with Crippen molar-refractivity contribution in [2.24, 2.45) is 0 Å². The molecule has 0 saturated carbocycles. The first-order valence-electron chi connectivity index (χ1n) is 9.23. The Bertz CT molecular complexity index is 929. The van der Waals surface area contributed by atoms with E-state index in [9.17, 15) is 24.1 Å². The van der Waals surface area contributed by atoms with Crippen molar-refractivity contribution in [2.45, 2.75) is 6.54 Å². The van der Waals surface area contributed by atoms with Gasteiger partial charge < -0.3 is 19.7 Å². The summed E-state index contributed by atoms with van der Waals surface area (Å²) in [5.74, 6) is -1.77. The molecule has 158 valence electrons. The number of nitrogens with one attached hydrogen (secondary N) is 1. The number of esters is 1. The van der Waals surface area contributed by atoms with Crippen LogP contribution in [0.15, 0.2) is 42.5 Å². The molecule has 0 radical (unpaired) electrons. The second-order valence-corrected chi connectivity index (χ2v) is 6.54. The highest BCUT2D eigenvalue weighted by atomic mass is 19.1. The zero-order valence-corrected chi connectivity index (χ0v) is 16.0. The van der Waals surface area contributed by atoms with Crippen molar-refractivity contribution in [1.82, 2.24) is 5.32 Å². The Morgan fingerprint density at radius 3 is 2.53 bits per heavy atom. The molecule has 1 amide bonds. The first kappa shape index (κ1) is 21.2. The molecule has 10 heteroatoms. The molecule has 2 aromatic rings. The number of nitro groups is 1. The SMILES string of the molecule is O=C(COC(=O)c1ccc(N2CCOCC2)c([N+](=O)[O-])c1)NCc1ccc(F)cc1. The van der Waals surface area contributed by atoms with Gasteiger partial charge in [-0.15, -0.1) is 0 Å². The summed E-state index contributed by atoms with van der Waals surface area (Å²) in [4.78, 5) is 36.8. The quantitative estimate of drug-likeness (QED) is 0.417. The largest absolute Gasteiger partial charge is 0.452 e. The van der Waals surface area contributed by atoms with Crippen LogP contribution in [0.1, 0.15) is 15.9 Å². The van der Waals surface area contributed by atoms with Gasteiger partial charge in [-0.3, -0.25) is 14.9 Å². The van der Waals surface area contributed by atoms with Gasteiger partial charge in [-0.1, -0.05) is 12.1 Å². The van der Waals surface area contributed by atoms with Gasteiger partial charge in [-0.2, -0.15) is 0 Å². The van der Waals surface area contributed by atoms with Crippen molar-refractivity contribution in [3.05, 3.63) is 69.5 Å². The van der Waals surface area contributed by atoms with Crippen LogP contribution < -0.4 is 10.2 Å². The van der Waals surface area contributed by atoms with Crippen LogP contribution in [0.25, 0.3) is 0 Å². The molecule has 1 aliphatic rings. The molecular weight excluding hydrogens is 397 g/mol. The van der Waals surface area contributed by atoms with E-state index in [4.69, 9.17) is 9.47 Å². The molecule has 9 nitrogen and oxygen atoms in total. The molecule has 0 aliphatic carbocycles. The van der Waals surface area contributed by atoms with Crippen LogP contribution in [0.5, 0.6) is 0 Å². The van der Waals surface area contributed by atoms with Gasteiger partial charge in [0.05, 0.1) is 23.7 Å². The fourth-order valence-corrected chi connectivity index (χ4v) is 2.94. The van der Waals surface area contributed by atoms with Crippen LogP contribution in [-0.2, 0) is 20.8 Å². The van der Waals surface area contributed by atoms with Gasteiger partial charge in [-0.25, -0.2) is 9.18 Å². The minimum atomic E-state index is -0.844. The zero-order chi connectivity index (χ0) is 21.5. The Balaban J connectivity index is 1.57. The second-order valence-electron chi connectivity index (χ2n) is 6.54. The summed E-state index contributed by atoms with van der Waals surface area (Å²) in [6.45, 7) is 1.56.